The van der Waals surface area contributed by atoms with E-state index in [-0.39, 0.29) is 6.61 Å². The van der Waals surface area contributed by atoms with Crippen LogP contribution in [0.4, 0.5) is 0 Å². The minimum atomic E-state index is -2.59. The molecule has 8 heavy (non-hydrogen) atoms. The van der Waals surface area contributed by atoms with E-state index in [4.69, 9.17) is 4.55 Å². The molecule has 0 heterocycles. The maximum absolute atomic E-state index is 8.59. The molecular weight excluding hydrogens is 164 g/mol. The van der Waals surface area contributed by atoms with Gasteiger partial charge in [-0.3, -0.25) is 4.18 Å². The molecule has 0 aromatic carbocycles. The van der Waals surface area contributed by atoms with E-state index in [9.17, 15) is 0 Å². The van der Waals surface area contributed by atoms with E-state index in [0.717, 1.165) is 0 Å². The van der Waals surface area contributed by atoms with Gasteiger partial charge in [0.15, 0.2) is 0 Å². The van der Waals surface area contributed by atoms with E-state index < -0.39 is 7.71 Å². The summed E-state index contributed by atoms with van der Waals surface area (Å²) in [4.78, 5) is 0. The summed E-state index contributed by atoms with van der Waals surface area (Å²) in [6.45, 7) is 3.57. The van der Waals surface area contributed by atoms with Crippen LogP contribution in [0.5, 0.6) is 0 Å². The monoisotopic (exact) mass is 170 g/mol. The molecule has 1 N–H and O–H groups in total. The summed E-state index contributed by atoms with van der Waals surface area (Å²) in [5.74, 6) is 0. The molecule has 0 spiro atoms. The van der Waals surface area contributed by atoms with Crippen LogP contribution >= 0.6 is 0 Å². The van der Waals surface area contributed by atoms with Crippen molar-refractivity contribution in [3.05, 3.63) is 12.7 Å². The summed E-state index contributed by atoms with van der Waals surface area (Å²) in [5.41, 5.74) is 0. The van der Waals surface area contributed by atoms with Gasteiger partial charge < -0.3 is 4.55 Å². The van der Waals surface area contributed by atoms with Gasteiger partial charge in [-0.05, 0) is 0 Å². The highest BCUT2D eigenvalue weighted by Crippen LogP contribution is 1.86. The van der Waals surface area contributed by atoms with E-state index >= 15 is 0 Å². The van der Waals surface area contributed by atoms with Gasteiger partial charge in [-0.1, -0.05) is 6.08 Å². The molecule has 0 aliphatic rings. The fraction of sp³-hybridized carbons (Fsp3) is 0.333. The quantitative estimate of drug-likeness (QED) is 0.630. The van der Waals surface area contributed by atoms with Crippen molar-refractivity contribution >= 4 is 30.1 Å². The van der Waals surface area contributed by atoms with Crippen LogP contribution in [-0.2, 0) is 34.3 Å². The molecular formula is C3H6O2S3. The van der Waals surface area contributed by atoms with Crippen LogP contribution in [0.1, 0.15) is 0 Å². The summed E-state index contributed by atoms with van der Waals surface area (Å²) < 4.78 is 13.1. The van der Waals surface area contributed by atoms with Gasteiger partial charge in [0, 0.05) is 22.4 Å². The van der Waals surface area contributed by atoms with Gasteiger partial charge in [-0.2, -0.15) is 0 Å². The minimum absolute atomic E-state index is 0.221. The van der Waals surface area contributed by atoms with Gasteiger partial charge >= 0.3 is 0 Å². The molecule has 0 saturated carbocycles. The van der Waals surface area contributed by atoms with Gasteiger partial charge in [0.2, 0.25) is 0 Å². The highest BCUT2D eigenvalue weighted by atomic mass is 33.1. The normalized spacial score (nSPS) is 11.1. The summed E-state index contributed by atoms with van der Waals surface area (Å²) in [5, 5.41) is 0. The van der Waals surface area contributed by atoms with Crippen molar-refractivity contribution in [3.63, 3.8) is 0 Å². The molecule has 0 fully saturated rings. The maximum atomic E-state index is 8.59. The average molecular weight is 170 g/mol. The molecule has 0 bridgehead atoms. The summed E-state index contributed by atoms with van der Waals surface area (Å²) in [6, 6.07) is 0. The molecule has 0 aromatic heterocycles. The lowest BCUT2D eigenvalue weighted by molar-refractivity contribution is 0.378. The first-order chi connectivity index (χ1) is 3.56. The third kappa shape index (κ3) is 6.45. The molecule has 48 valence electrons. The van der Waals surface area contributed by atoms with Crippen molar-refractivity contribution in [1.29, 1.82) is 0 Å². The second-order valence-electron chi connectivity index (χ2n) is 1.00. The van der Waals surface area contributed by atoms with Crippen molar-refractivity contribution < 1.29 is 8.74 Å². The Morgan fingerprint density at radius 2 is 2.25 bits per heavy atom. The number of hydrogen-bond acceptors (Lipinski definition) is 3. The largest absolute Gasteiger partial charge is 0.306 e. The molecule has 0 aromatic rings. The van der Waals surface area contributed by atoms with Gasteiger partial charge in [-0.25, -0.2) is 0 Å². The Hall–Kier alpha value is 0.450. The smallest absolute Gasteiger partial charge is 0.135 e. The highest BCUT2D eigenvalue weighted by Gasteiger charge is 1.88. The zero-order chi connectivity index (χ0) is 6.62. The Morgan fingerprint density at radius 1 is 1.75 bits per heavy atom. The van der Waals surface area contributed by atoms with Gasteiger partial charge in [0.05, 0.1) is 6.61 Å². The summed E-state index contributed by atoms with van der Waals surface area (Å²) in [6.07, 6.45) is 1.48. The van der Waals surface area contributed by atoms with E-state index in [0.29, 0.717) is 0 Å². The van der Waals surface area contributed by atoms with E-state index in [2.05, 4.69) is 33.1 Å². The molecule has 0 atom stereocenters. The van der Waals surface area contributed by atoms with Gasteiger partial charge in [0.25, 0.3) is 0 Å². The summed E-state index contributed by atoms with van der Waals surface area (Å²) in [7, 11) is -2.59. The molecule has 0 rings (SSSR count). The molecule has 0 unspecified atom stereocenters. The first kappa shape index (κ1) is 8.45. The predicted molar refractivity (Wildman–Crippen MR) is 40.9 cm³/mol. The topological polar surface area (TPSA) is 29.5 Å². The Labute approximate surface area is 58.4 Å². The van der Waals surface area contributed by atoms with Crippen molar-refractivity contribution in [2.24, 2.45) is 0 Å². The van der Waals surface area contributed by atoms with Crippen LogP contribution in [0.25, 0.3) is 0 Å². The molecule has 2 nitrogen and oxygen atoms in total. The standard InChI is InChI=1S/C3H6O2S3/c1-2-3-5-8(4,6)7/h2H,1,3H2,(H,4,6,7). The highest BCUT2D eigenvalue weighted by molar-refractivity contribution is 8.51. The third-order valence-electron chi connectivity index (χ3n) is 0.335. The van der Waals surface area contributed by atoms with Crippen LogP contribution in [0.15, 0.2) is 12.7 Å². The second kappa shape index (κ2) is 3.47. The first-order valence-electron chi connectivity index (χ1n) is 1.79. The Balaban J connectivity index is 3.57. The Bertz CT molecular complexity index is 157. The fourth-order valence-corrected chi connectivity index (χ4v) is 0.736. The van der Waals surface area contributed by atoms with Crippen molar-refractivity contribution in [2.75, 3.05) is 6.61 Å². The van der Waals surface area contributed by atoms with Crippen molar-refractivity contribution in [1.82, 2.24) is 0 Å². The zero-order valence-electron chi connectivity index (χ0n) is 4.07. The second-order valence-corrected chi connectivity index (χ2v) is 5.44. The lowest BCUT2D eigenvalue weighted by atomic mass is 10.7. The van der Waals surface area contributed by atoms with Gasteiger partial charge in [-0.15, -0.1) is 6.58 Å². The zero-order valence-corrected chi connectivity index (χ0v) is 6.52. The Morgan fingerprint density at radius 3 is 2.38 bits per heavy atom. The molecule has 0 radical (unpaired) electrons. The van der Waals surface area contributed by atoms with Gasteiger partial charge in [0.1, 0.15) is 7.71 Å². The minimum Gasteiger partial charge on any atom is -0.306 e. The lowest BCUT2D eigenvalue weighted by Crippen LogP contribution is -1.98. The Kier molecular flexibility index (Phi) is 3.67. The van der Waals surface area contributed by atoms with Crippen molar-refractivity contribution in [3.8, 4) is 0 Å². The summed E-state index contributed by atoms with van der Waals surface area (Å²) >= 11 is 8.67. The van der Waals surface area contributed by atoms with Crippen LogP contribution in [0.2, 0.25) is 0 Å². The number of rotatable bonds is 3. The fourth-order valence-electron chi connectivity index (χ4n) is 0.134. The molecule has 0 saturated heterocycles. The SMILES string of the molecule is C=CCOS(O)(=S)=S. The van der Waals surface area contributed by atoms with E-state index in [1.165, 1.54) is 6.08 Å². The third-order valence-corrected chi connectivity index (χ3v) is 1.35. The van der Waals surface area contributed by atoms with Crippen LogP contribution in [0, 0.1) is 0 Å². The predicted octanol–water partition coefficient (Wildman–Crippen LogP) is 0.655. The molecule has 5 heteroatoms. The number of hydrogen-bond donors (Lipinski definition) is 1. The molecule has 0 amide bonds. The van der Waals surface area contributed by atoms with Crippen LogP contribution in [-0.4, -0.2) is 11.2 Å². The molecule has 0 aliphatic heterocycles. The molecule has 0 aliphatic carbocycles. The van der Waals surface area contributed by atoms with Crippen molar-refractivity contribution in [2.45, 2.75) is 0 Å². The van der Waals surface area contributed by atoms with E-state index in [1.807, 2.05) is 0 Å². The van der Waals surface area contributed by atoms with Crippen LogP contribution < -0.4 is 0 Å². The van der Waals surface area contributed by atoms with Crippen LogP contribution in [0.3, 0.4) is 0 Å². The van der Waals surface area contributed by atoms with E-state index in [1.54, 1.807) is 0 Å². The maximum Gasteiger partial charge on any atom is 0.135 e. The first-order valence-corrected chi connectivity index (χ1v) is 5.15. The lowest BCUT2D eigenvalue weighted by Gasteiger charge is -1.97. The average Bonchev–Trinajstić information content (AvgIpc) is 1.59.